The van der Waals surface area contributed by atoms with Gasteiger partial charge in [0.15, 0.2) is 5.69 Å². The van der Waals surface area contributed by atoms with Crippen LogP contribution in [0.25, 0.3) is 5.69 Å². The Kier molecular flexibility index (Phi) is 3.96. The molecule has 0 radical (unpaired) electrons. The number of amides is 1. The highest BCUT2D eigenvalue weighted by molar-refractivity contribution is 6.00. The third-order valence-corrected chi connectivity index (χ3v) is 3.86. The molecule has 1 heterocycles. The van der Waals surface area contributed by atoms with Crippen molar-refractivity contribution < 1.29 is 14.3 Å². The number of nitrogens with two attached hydrogens (primary N) is 1. The maximum absolute atomic E-state index is 12.5. The van der Waals surface area contributed by atoms with E-state index in [9.17, 15) is 14.9 Å². The number of nitrogens with zero attached hydrogens (tertiary/aromatic N) is 2. The Bertz CT molecular complexity index is 859. The minimum atomic E-state index is -0.675. The molecular formula is C17H16N4O3. The molecule has 7 nitrogen and oxygen atoms in total. The molecule has 1 fully saturated rings. The summed E-state index contributed by atoms with van der Waals surface area (Å²) in [6, 6.07) is 8.98. The second-order valence-corrected chi connectivity index (χ2v) is 5.54. The van der Waals surface area contributed by atoms with E-state index in [2.05, 4.69) is 5.32 Å². The van der Waals surface area contributed by atoms with Gasteiger partial charge in [-0.05, 0) is 25.0 Å². The predicted octanol–water partition coefficient (Wildman–Crippen LogP) is 1.61. The molecule has 1 amide bonds. The number of nitrogens with one attached hydrogen (secondary N) is 1. The minimum absolute atomic E-state index is 0.0284. The van der Waals surface area contributed by atoms with E-state index in [0.717, 1.165) is 12.8 Å². The molecule has 0 aliphatic heterocycles. The Morgan fingerprint density at radius 2 is 2.08 bits per heavy atom. The number of carbonyl (C=O) groups is 2. The molecule has 122 valence electrons. The summed E-state index contributed by atoms with van der Waals surface area (Å²) in [6.45, 7) is 0. The topological polar surface area (TPSA) is 110 Å². The minimum Gasteiger partial charge on any atom is -0.464 e. The molecule has 1 aromatic carbocycles. The average molecular weight is 324 g/mol. The van der Waals surface area contributed by atoms with E-state index < -0.39 is 5.97 Å². The molecule has 7 heteroatoms. The summed E-state index contributed by atoms with van der Waals surface area (Å²) >= 11 is 0. The van der Waals surface area contributed by atoms with Crippen LogP contribution in [0.15, 0.2) is 30.5 Å². The summed E-state index contributed by atoms with van der Waals surface area (Å²) in [5.41, 5.74) is 6.96. The summed E-state index contributed by atoms with van der Waals surface area (Å²) in [6.07, 6.45) is 3.37. The second kappa shape index (κ2) is 6.08. The van der Waals surface area contributed by atoms with E-state index in [0.29, 0.717) is 11.3 Å². The number of esters is 1. The zero-order chi connectivity index (χ0) is 17.3. The molecule has 2 aromatic rings. The van der Waals surface area contributed by atoms with E-state index in [1.807, 2.05) is 6.07 Å². The Morgan fingerprint density at radius 1 is 1.38 bits per heavy atom. The Labute approximate surface area is 138 Å². The van der Waals surface area contributed by atoms with Crippen LogP contribution in [0.5, 0.6) is 0 Å². The molecule has 3 N–H and O–H groups in total. The van der Waals surface area contributed by atoms with Crippen LogP contribution in [-0.4, -0.2) is 29.6 Å². The lowest BCUT2D eigenvalue weighted by Gasteiger charge is -2.13. The number of nitriles is 1. The van der Waals surface area contributed by atoms with Crippen molar-refractivity contribution in [3.63, 3.8) is 0 Å². The smallest absolute Gasteiger partial charge is 0.357 e. The van der Waals surface area contributed by atoms with Crippen molar-refractivity contribution in [2.24, 2.45) is 0 Å². The lowest BCUT2D eigenvalue weighted by molar-refractivity contribution is 0.0592. The quantitative estimate of drug-likeness (QED) is 0.830. The summed E-state index contributed by atoms with van der Waals surface area (Å²) in [7, 11) is 1.23. The number of hydrogen-bond donors (Lipinski definition) is 2. The molecule has 1 aliphatic carbocycles. The van der Waals surface area contributed by atoms with Crippen LogP contribution in [-0.2, 0) is 4.74 Å². The number of ether oxygens (including phenoxy) is 1. The number of anilines is 1. The van der Waals surface area contributed by atoms with Gasteiger partial charge in [0, 0.05) is 12.2 Å². The zero-order valence-corrected chi connectivity index (χ0v) is 13.1. The van der Waals surface area contributed by atoms with Gasteiger partial charge in [0.1, 0.15) is 6.07 Å². The number of methoxy groups -OCH3 is 1. The first-order chi connectivity index (χ1) is 11.6. The van der Waals surface area contributed by atoms with E-state index in [1.165, 1.54) is 17.9 Å². The number of aromatic nitrogens is 1. The Hall–Kier alpha value is -3.27. The SMILES string of the molecule is COC(=O)c1c(N)c(C#N)cn1-c1ccccc1C(=O)NC1CC1. The number of para-hydroxylation sites is 1. The molecule has 0 unspecified atom stereocenters. The Balaban J connectivity index is 2.14. The monoisotopic (exact) mass is 324 g/mol. The molecule has 1 aromatic heterocycles. The third kappa shape index (κ3) is 2.70. The number of rotatable bonds is 4. The van der Waals surface area contributed by atoms with Gasteiger partial charge < -0.3 is 20.4 Å². The van der Waals surface area contributed by atoms with Gasteiger partial charge in [-0.25, -0.2) is 4.79 Å². The lowest BCUT2D eigenvalue weighted by Crippen LogP contribution is -2.27. The average Bonchev–Trinajstić information content (AvgIpc) is 3.35. The van der Waals surface area contributed by atoms with E-state index in [1.54, 1.807) is 24.3 Å². The summed E-state index contributed by atoms with van der Waals surface area (Å²) < 4.78 is 6.19. The maximum atomic E-state index is 12.5. The predicted molar refractivity (Wildman–Crippen MR) is 86.7 cm³/mol. The van der Waals surface area contributed by atoms with Crippen molar-refractivity contribution in [1.29, 1.82) is 5.26 Å². The van der Waals surface area contributed by atoms with Gasteiger partial charge in [0.05, 0.1) is 29.6 Å². The highest BCUT2D eigenvalue weighted by atomic mass is 16.5. The van der Waals surface area contributed by atoms with Crippen molar-refractivity contribution in [2.45, 2.75) is 18.9 Å². The van der Waals surface area contributed by atoms with E-state index in [4.69, 9.17) is 10.5 Å². The fraction of sp³-hybridized carbons (Fsp3) is 0.235. The first-order valence-electron chi connectivity index (χ1n) is 7.46. The van der Waals surface area contributed by atoms with Crippen molar-refractivity contribution in [3.05, 3.63) is 47.3 Å². The van der Waals surface area contributed by atoms with Gasteiger partial charge in [-0.1, -0.05) is 12.1 Å². The van der Waals surface area contributed by atoms with Gasteiger partial charge >= 0.3 is 5.97 Å². The zero-order valence-electron chi connectivity index (χ0n) is 13.1. The maximum Gasteiger partial charge on any atom is 0.357 e. The lowest BCUT2D eigenvalue weighted by atomic mass is 10.1. The van der Waals surface area contributed by atoms with Crippen LogP contribution in [0.3, 0.4) is 0 Å². The number of carbonyl (C=O) groups excluding carboxylic acids is 2. The van der Waals surface area contributed by atoms with Gasteiger partial charge in [-0.15, -0.1) is 0 Å². The molecule has 0 spiro atoms. The van der Waals surface area contributed by atoms with Crippen LogP contribution < -0.4 is 11.1 Å². The van der Waals surface area contributed by atoms with Crippen LogP contribution in [0.2, 0.25) is 0 Å². The van der Waals surface area contributed by atoms with Crippen LogP contribution in [0.4, 0.5) is 5.69 Å². The molecule has 0 saturated heterocycles. The highest BCUT2D eigenvalue weighted by Crippen LogP contribution is 2.27. The molecular weight excluding hydrogens is 308 g/mol. The molecule has 1 aliphatic rings. The van der Waals surface area contributed by atoms with E-state index in [-0.39, 0.29) is 28.9 Å². The molecule has 0 bridgehead atoms. The van der Waals surface area contributed by atoms with Gasteiger partial charge in [0.25, 0.3) is 5.91 Å². The Morgan fingerprint density at radius 3 is 2.71 bits per heavy atom. The molecule has 3 rings (SSSR count). The van der Waals surface area contributed by atoms with Crippen LogP contribution in [0.1, 0.15) is 39.3 Å². The van der Waals surface area contributed by atoms with Gasteiger partial charge in [-0.2, -0.15) is 5.26 Å². The first-order valence-corrected chi connectivity index (χ1v) is 7.46. The normalized spacial score (nSPS) is 13.2. The van der Waals surface area contributed by atoms with Crippen molar-refractivity contribution >= 4 is 17.6 Å². The van der Waals surface area contributed by atoms with Crippen molar-refractivity contribution in [2.75, 3.05) is 12.8 Å². The van der Waals surface area contributed by atoms with Crippen LogP contribution in [0, 0.1) is 11.3 Å². The number of benzene rings is 1. The summed E-state index contributed by atoms with van der Waals surface area (Å²) in [5, 5.41) is 12.1. The van der Waals surface area contributed by atoms with Crippen molar-refractivity contribution in [1.82, 2.24) is 9.88 Å². The third-order valence-electron chi connectivity index (χ3n) is 3.86. The number of nitrogen functional groups attached to an aromatic ring is 1. The summed E-state index contributed by atoms with van der Waals surface area (Å²) in [5.74, 6) is -0.902. The standard InChI is InChI=1S/C17H16N4O3/c1-24-17(23)15-14(19)10(8-18)9-21(15)13-5-3-2-4-12(13)16(22)20-11-6-7-11/h2-5,9,11H,6-7,19H2,1H3,(H,20,22). The fourth-order valence-electron chi connectivity index (χ4n) is 2.47. The second-order valence-electron chi connectivity index (χ2n) is 5.54. The molecule has 24 heavy (non-hydrogen) atoms. The first kappa shape index (κ1) is 15.6. The highest BCUT2D eigenvalue weighted by Gasteiger charge is 2.27. The number of hydrogen-bond acceptors (Lipinski definition) is 5. The van der Waals surface area contributed by atoms with Crippen LogP contribution >= 0.6 is 0 Å². The van der Waals surface area contributed by atoms with Gasteiger partial charge in [-0.3, -0.25) is 4.79 Å². The van der Waals surface area contributed by atoms with Crippen molar-refractivity contribution in [3.8, 4) is 11.8 Å². The largest absolute Gasteiger partial charge is 0.464 e. The summed E-state index contributed by atoms with van der Waals surface area (Å²) in [4.78, 5) is 24.6. The van der Waals surface area contributed by atoms with E-state index >= 15 is 0 Å². The fourth-order valence-corrected chi connectivity index (χ4v) is 2.47. The molecule has 0 atom stereocenters. The van der Waals surface area contributed by atoms with Gasteiger partial charge in [0.2, 0.25) is 0 Å². The molecule has 1 saturated carbocycles.